The summed E-state index contributed by atoms with van der Waals surface area (Å²) >= 11 is 0. The van der Waals surface area contributed by atoms with E-state index in [4.69, 9.17) is 14.9 Å². The van der Waals surface area contributed by atoms with Crippen molar-refractivity contribution in [2.75, 3.05) is 20.9 Å². The predicted octanol–water partition coefficient (Wildman–Crippen LogP) is 7.24. The Morgan fingerprint density at radius 3 is 2.03 bits per heavy atom. The second-order valence-electron chi connectivity index (χ2n) is 7.03. The molecular weight excluding hydrogens is 396 g/mol. The Balaban J connectivity index is 0.000000656. The first-order valence-electron chi connectivity index (χ1n) is 10.2. The smallest absolute Gasteiger partial charge is 0.161 e. The number of alkyl halides is 1. The molecule has 3 nitrogen and oxygen atoms in total. The zero-order valence-electron chi connectivity index (χ0n) is 19.2. The Kier molecular flexibility index (Phi) is 11.4. The first-order valence-corrected chi connectivity index (χ1v) is 11.7. The lowest BCUT2D eigenvalue weighted by Gasteiger charge is -2.15. The third-order valence-corrected chi connectivity index (χ3v) is 5.75. The maximum atomic E-state index is 11.9. The molecule has 0 aromatic heterocycles. The molecule has 0 saturated carbocycles. The lowest BCUT2D eigenvalue weighted by atomic mass is 9.96. The van der Waals surface area contributed by atoms with Crippen LogP contribution in [0.3, 0.4) is 0 Å². The van der Waals surface area contributed by atoms with Gasteiger partial charge in [-0.3, -0.25) is 5.41 Å². The molecule has 0 radical (unpaired) electrons. The molecule has 0 saturated heterocycles. The van der Waals surface area contributed by atoms with Crippen LogP contribution in [-0.4, -0.2) is 32.8 Å². The van der Waals surface area contributed by atoms with Crippen LogP contribution >= 0.6 is 8.58 Å². The molecule has 0 heterocycles. The Morgan fingerprint density at radius 1 is 1.07 bits per heavy atom. The summed E-state index contributed by atoms with van der Waals surface area (Å²) in [5.41, 5.74) is 4.37. The summed E-state index contributed by atoms with van der Waals surface area (Å²) in [6.07, 6.45) is 2.89. The van der Waals surface area contributed by atoms with Crippen LogP contribution in [0, 0.1) is 12.3 Å². The fraction of sp³-hybridized carbons (Fsp3) is 0.400. The van der Waals surface area contributed by atoms with Gasteiger partial charge in [0.2, 0.25) is 0 Å². The highest BCUT2D eigenvalue weighted by atomic mass is 31.1. The average molecular weight is 432 g/mol. The normalized spacial score (nSPS) is 11.4. The van der Waals surface area contributed by atoms with Gasteiger partial charge >= 0.3 is 0 Å². The molecule has 0 aliphatic carbocycles. The topological polar surface area (TPSA) is 42.3 Å². The number of ether oxygens (including phenoxy) is 2. The van der Waals surface area contributed by atoms with Gasteiger partial charge < -0.3 is 9.47 Å². The van der Waals surface area contributed by atoms with Gasteiger partial charge in [0, 0.05) is 11.1 Å². The summed E-state index contributed by atoms with van der Waals surface area (Å²) in [5.74, 6) is 1.31. The van der Waals surface area contributed by atoms with Crippen molar-refractivity contribution in [3.63, 3.8) is 0 Å². The molecule has 2 aromatic rings. The lowest BCUT2D eigenvalue weighted by Crippen LogP contribution is -2.05. The van der Waals surface area contributed by atoms with Gasteiger partial charge in [-0.1, -0.05) is 63.6 Å². The van der Waals surface area contributed by atoms with Gasteiger partial charge in [-0.15, -0.1) is 0 Å². The van der Waals surface area contributed by atoms with Crippen molar-refractivity contribution in [2.45, 2.75) is 46.7 Å². The van der Waals surface area contributed by atoms with Gasteiger partial charge in [0.25, 0.3) is 0 Å². The van der Waals surface area contributed by atoms with Crippen LogP contribution in [0.25, 0.3) is 6.08 Å². The van der Waals surface area contributed by atoms with Crippen LogP contribution < -0.4 is 9.47 Å². The van der Waals surface area contributed by atoms with Crippen molar-refractivity contribution in [1.82, 2.24) is 0 Å². The summed E-state index contributed by atoms with van der Waals surface area (Å²) in [4.78, 5) is 0. The molecule has 1 unspecified atom stereocenters. The van der Waals surface area contributed by atoms with Crippen LogP contribution in [-0.2, 0) is 0 Å². The molecule has 2 aromatic carbocycles. The molecule has 30 heavy (non-hydrogen) atoms. The number of benzene rings is 2. The average Bonchev–Trinajstić information content (AvgIpc) is 2.78. The number of hydrogen-bond acceptors (Lipinski definition) is 3. The molecule has 0 bridgehead atoms. The molecular formula is C25H35FNO2P. The first kappa shape index (κ1) is 25.8. The SMILES string of the molecule is CCC(F)CC.COc1cc(/C=C(/C)PC)c(C(=N)c2ccc(C)cc2)cc1OC. The van der Waals surface area contributed by atoms with Gasteiger partial charge in [0.15, 0.2) is 11.5 Å². The summed E-state index contributed by atoms with van der Waals surface area (Å²) in [6.45, 7) is 10.0. The zero-order valence-corrected chi connectivity index (χ0v) is 20.2. The van der Waals surface area contributed by atoms with Crippen molar-refractivity contribution in [1.29, 1.82) is 5.41 Å². The molecule has 0 aliphatic heterocycles. The van der Waals surface area contributed by atoms with E-state index in [2.05, 4.69) is 19.7 Å². The van der Waals surface area contributed by atoms with Crippen molar-refractivity contribution in [3.05, 3.63) is 64.0 Å². The second kappa shape index (κ2) is 13.2. The number of halogens is 1. The summed E-state index contributed by atoms with van der Waals surface area (Å²) in [6, 6.07) is 11.9. The fourth-order valence-electron chi connectivity index (χ4n) is 2.70. The summed E-state index contributed by atoms with van der Waals surface area (Å²) in [5, 5.41) is 9.94. The van der Waals surface area contributed by atoms with E-state index >= 15 is 0 Å². The second-order valence-corrected chi connectivity index (χ2v) is 8.32. The van der Waals surface area contributed by atoms with Gasteiger partial charge in [-0.05, 0) is 51.1 Å². The summed E-state index contributed by atoms with van der Waals surface area (Å²) < 4.78 is 22.7. The molecule has 1 N–H and O–H groups in total. The molecule has 164 valence electrons. The zero-order chi connectivity index (χ0) is 22.7. The van der Waals surface area contributed by atoms with E-state index in [9.17, 15) is 4.39 Å². The number of allylic oxidation sites excluding steroid dienone is 1. The van der Waals surface area contributed by atoms with Crippen LogP contribution in [0.4, 0.5) is 4.39 Å². The van der Waals surface area contributed by atoms with E-state index in [0.29, 0.717) is 30.1 Å². The monoisotopic (exact) mass is 431 g/mol. The third-order valence-electron chi connectivity index (χ3n) is 4.82. The maximum absolute atomic E-state index is 11.9. The third kappa shape index (κ3) is 7.57. The number of rotatable bonds is 8. The van der Waals surface area contributed by atoms with E-state index in [1.165, 1.54) is 10.9 Å². The number of methoxy groups -OCH3 is 2. The standard InChI is InChI=1S/C20H24NO2P.C5H11F/c1-13-6-8-15(9-7-13)20(21)17-12-19(23-4)18(22-3)11-16(17)10-14(2)24-5;1-3-5(6)4-2/h6-12,21,24H,1-5H3;5H,3-4H2,1-2H3/b14-10-,21-20?;. The van der Waals surface area contributed by atoms with Crippen molar-refractivity contribution in [3.8, 4) is 11.5 Å². The largest absolute Gasteiger partial charge is 0.493 e. The Bertz CT molecular complexity index is 843. The Morgan fingerprint density at radius 2 is 1.60 bits per heavy atom. The number of nitrogens with one attached hydrogen (secondary N) is 1. The molecule has 1 atom stereocenters. The molecule has 0 aliphatic rings. The molecule has 0 amide bonds. The minimum absolute atomic E-state index is 0.481. The minimum atomic E-state index is -0.565. The van der Waals surface area contributed by atoms with Crippen LogP contribution in [0.15, 0.2) is 41.7 Å². The van der Waals surface area contributed by atoms with Gasteiger partial charge in [0.05, 0.1) is 26.1 Å². The molecule has 0 spiro atoms. The molecule has 2 rings (SSSR count). The van der Waals surface area contributed by atoms with Crippen LogP contribution in [0.5, 0.6) is 11.5 Å². The van der Waals surface area contributed by atoms with E-state index in [1.807, 2.05) is 57.2 Å². The minimum Gasteiger partial charge on any atom is -0.493 e. The first-order chi connectivity index (χ1) is 14.3. The van der Waals surface area contributed by atoms with Gasteiger partial charge in [-0.25, -0.2) is 4.39 Å². The van der Waals surface area contributed by atoms with Crippen LogP contribution in [0.2, 0.25) is 0 Å². The number of hydrogen-bond donors (Lipinski definition) is 1. The summed E-state index contributed by atoms with van der Waals surface area (Å²) in [7, 11) is 3.97. The highest BCUT2D eigenvalue weighted by molar-refractivity contribution is 7.42. The van der Waals surface area contributed by atoms with E-state index < -0.39 is 6.17 Å². The quantitative estimate of drug-likeness (QED) is 0.353. The Hall–Kier alpha value is -2.19. The predicted molar refractivity (Wildman–Crippen MR) is 130 cm³/mol. The van der Waals surface area contributed by atoms with Crippen molar-refractivity contribution >= 4 is 20.4 Å². The van der Waals surface area contributed by atoms with E-state index in [1.54, 1.807) is 14.2 Å². The van der Waals surface area contributed by atoms with Gasteiger partial charge in [0.1, 0.15) is 0 Å². The number of aryl methyl sites for hydroxylation is 1. The highest BCUT2D eigenvalue weighted by Crippen LogP contribution is 2.34. The molecule has 5 heteroatoms. The Labute approximate surface area is 183 Å². The van der Waals surface area contributed by atoms with Gasteiger partial charge in [-0.2, -0.15) is 0 Å². The van der Waals surface area contributed by atoms with Crippen LogP contribution in [0.1, 0.15) is 55.9 Å². The maximum Gasteiger partial charge on any atom is 0.161 e. The van der Waals surface area contributed by atoms with E-state index in [0.717, 1.165) is 25.3 Å². The van der Waals surface area contributed by atoms with Crippen molar-refractivity contribution < 1.29 is 13.9 Å². The fourth-order valence-corrected chi connectivity index (χ4v) is 3.00. The van der Waals surface area contributed by atoms with Crippen molar-refractivity contribution in [2.24, 2.45) is 0 Å². The lowest BCUT2D eigenvalue weighted by molar-refractivity contribution is 0.316. The molecule has 0 fully saturated rings. The van der Waals surface area contributed by atoms with E-state index in [-0.39, 0.29) is 0 Å². The highest BCUT2D eigenvalue weighted by Gasteiger charge is 2.15.